The van der Waals surface area contributed by atoms with Gasteiger partial charge in [0.25, 0.3) is 0 Å². The lowest BCUT2D eigenvalue weighted by Gasteiger charge is -2.07. The van der Waals surface area contributed by atoms with Gasteiger partial charge >= 0.3 is 0 Å². The van der Waals surface area contributed by atoms with Crippen LogP contribution in [0.4, 0.5) is 5.69 Å². The first kappa shape index (κ1) is 14.0. The molecule has 0 fully saturated rings. The van der Waals surface area contributed by atoms with Crippen molar-refractivity contribution in [1.29, 1.82) is 0 Å². The smallest absolute Gasteiger partial charge is 0.175 e. The van der Waals surface area contributed by atoms with Gasteiger partial charge in [-0.1, -0.05) is 0 Å². The molecule has 0 heterocycles. The van der Waals surface area contributed by atoms with Crippen molar-refractivity contribution in [2.45, 2.75) is 18.2 Å². The fourth-order valence-corrected chi connectivity index (χ4v) is 2.00. The number of nitrogens with one attached hydrogen (secondary N) is 1. The molecule has 4 nitrogen and oxygen atoms in total. The second-order valence-corrected chi connectivity index (χ2v) is 5.79. The summed E-state index contributed by atoms with van der Waals surface area (Å²) in [6.07, 6.45) is 2.14. The lowest BCUT2D eigenvalue weighted by molar-refractivity contribution is 0.147. The SMILES string of the molecule is CCOCCCNc1ccc(S(C)(=O)=O)cc1. The molecule has 1 aromatic carbocycles. The van der Waals surface area contributed by atoms with Crippen molar-refractivity contribution in [1.82, 2.24) is 0 Å². The topological polar surface area (TPSA) is 55.4 Å². The number of hydrogen-bond acceptors (Lipinski definition) is 4. The van der Waals surface area contributed by atoms with Crippen LogP contribution in [0.5, 0.6) is 0 Å². The summed E-state index contributed by atoms with van der Waals surface area (Å²) in [5.41, 5.74) is 0.925. The van der Waals surface area contributed by atoms with Gasteiger partial charge in [-0.2, -0.15) is 0 Å². The normalized spacial score (nSPS) is 11.4. The number of anilines is 1. The molecule has 0 spiro atoms. The van der Waals surface area contributed by atoms with Crippen LogP contribution >= 0.6 is 0 Å². The molecule has 1 rings (SSSR count). The minimum absolute atomic E-state index is 0.345. The van der Waals surface area contributed by atoms with E-state index in [4.69, 9.17) is 4.74 Å². The summed E-state index contributed by atoms with van der Waals surface area (Å²) in [6, 6.07) is 6.77. The lowest BCUT2D eigenvalue weighted by atomic mass is 10.3. The highest BCUT2D eigenvalue weighted by molar-refractivity contribution is 7.90. The van der Waals surface area contributed by atoms with Gasteiger partial charge in [-0.05, 0) is 37.6 Å². The molecule has 0 unspecified atom stereocenters. The number of rotatable bonds is 7. The molecule has 0 atom stereocenters. The van der Waals surface area contributed by atoms with Crippen molar-refractivity contribution in [3.05, 3.63) is 24.3 Å². The Labute approximate surface area is 103 Å². The second kappa shape index (κ2) is 6.61. The summed E-state index contributed by atoms with van der Waals surface area (Å²) in [5.74, 6) is 0. The van der Waals surface area contributed by atoms with Gasteiger partial charge in [-0.25, -0.2) is 8.42 Å². The minimum Gasteiger partial charge on any atom is -0.385 e. The van der Waals surface area contributed by atoms with E-state index < -0.39 is 9.84 Å². The zero-order chi connectivity index (χ0) is 12.7. The summed E-state index contributed by atoms with van der Waals surface area (Å²) in [4.78, 5) is 0.345. The Morgan fingerprint density at radius 2 is 1.88 bits per heavy atom. The van der Waals surface area contributed by atoms with E-state index in [-0.39, 0.29) is 0 Å². The molecule has 0 bridgehead atoms. The molecule has 0 aliphatic heterocycles. The molecule has 1 aromatic rings. The van der Waals surface area contributed by atoms with Crippen LogP contribution in [0.3, 0.4) is 0 Å². The average molecular weight is 257 g/mol. The highest BCUT2D eigenvalue weighted by Gasteiger charge is 2.05. The Balaban J connectivity index is 2.41. The molecular weight excluding hydrogens is 238 g/mol. The third-order valence-electron chi connectivity index (χ3n) is 2.28. The van der Waals surface area contributed by atoms with Crippen molar-refractivity contribution in [3.8, 4) is 0 Å². The van der Waals surface area contributed by atoms with Crippen LogP contribution in [0.1, 0.15) is 13.3 Å². The van der Waals surface area contributed by atoms with Crippen molar-refractivity contribution >= 4 is 15.5 Å². The average Bonchev–Trinajstić information content (AvgIpc) is 2.28. The van der Waals surface area contributed by atoms with Crippen LogP contribution in [-0.4, -0.2) is 34.4 Å². The van der Waals surface area contributed by atoms with Crippen LogP contribution in [-0.2, 0) is 14.6 Å². The number of sulfone groups is 1. The predicted molar refractivity (Wildman–Crippen MR) is 69.2 cm³/mol. The second-order valence-electron chi connectivity index (χ2n) is 3.77. The van der Waals surface area contributed by atoms with Gasteiger partial charge < -0.3 is 10.1 Å². The molecule has 0 saturated carbocycles. The van der Waals surface area contributed by atoms with Gasteiger partial charge in [-0.3, -0.25) is 0 Å². The third-order valence-corrected chi connectivity index (χ3v) is 3.41. The van der Waals surface area contributed by atoms with Crippen molar-refractivity contribution in [2.75, 3.05) is 31.3 Å². The maximum atomic E-state index is 11.2. The maximum Gasteiger partial charge on any atom is 0.175 e. The van der Waals surface area contributed by atoms with Gasteiger partial charge in [0.15, 0.2) is 9.84 Å². The molecule has 0 amide bonds. The zero-order valence-electron chi connectivity index (χ0n) is 10.3. The minimum atomic E-state index is -3.10. The van der Waals surface area contributed by atoms with E-state index in [0.29, 0.717) is 4.90 Å². The monoisotopic (exact) mass is 257 g/mol. The Kier molecular flexibility index (Phi) is 5.44. The summed E-state index contributed by atoms with van der Waals surface area (Å²) in [5, 5.41) is 3.21. The van der Waals surface area contributed by atoms with Crippen molar-refractivity contribution < 1.29 is 13.2 Å². The summed E-state index contributed by atoms with van der Waals surface area (Å²) in [6.45, 7) is 4.27. The Morgan fingerprint density at radius 3 is 2.41 bits per heavy atom. The highest BCUT2D eigenvalue weighted by atomic mass is 32.2. The summed E-state index contributed by atoms with van der Waals surface area (Å²) < 4.78 is 27.7. The molecule has 5 heteroatoms. The van der Waals surface area contributed by atoms with Crippen LogP contribution < -0.4 is 5.32 Å². The molecule has 0 aromatic heterocycles. The summed E-state index contributed by atoms with van der Waals surface area (Å²) in [7, 11) is -3.10. The predicted octanol–water partition coefficient (Wildman–Crippen LogP) is 1.93. The number of hydrogen-bond donors (Lipinski definition) is 1. The molecule has 17 heavy (non-hydrogen) atoms. The first-order chi connectivity index (χ1) is 8.04. The van der Waals surface area contributed by atoms with Gasteiger partial charge in [0, 0.05) is 31.7 Å². The van der Waals surface area contributed by atoms with E-state index in [9.17, 15) is 8.42 Å². The van der Waals surface area contributed by atoms with E-state index in [0.717, 1.165) is 31.9 Å². The molecular formula is C12H19NO3S. The van der Waals surface area contributed by atoms with Crippen molar-refractivity contribution in [3.63, 3.8) is 0 Å². The van der Waals surface area contributed by atoms with Crippen LogP contribution in [0.2, 0.25) is 0 Å². The largest absolute Gasteiger partial charge is 0.385 e. The standard InChI is InChI=1S/C12H19NO3S/c1-3-16-10-4-9-13-11-5-7-12(8-6-11)17(2,14)15/h5-8,13H,3-4,9-10H2,1-2H3. The number of ether oxygens (including phenoxy) is 1. The van der Waals surface area contributed by atoms with E-state index in [1.807, 2.05) is 6.92 Å². The van der Waals surface area contributed by atoms with E-state index >= 15 is 0 Å². The fourth-order valence-electron chi connectivity index (χ4n) is 1.37. The number of benzene rings is 1. The third kappa shape index (κ3) is 5.19. The molecule has 96 valence electrons. The molecule has 0 radical (unpaired) electrons. The van der Waals surface area contributed by atoms with E-state index in [1.54, 1.807) is 24.3 Å². The van der Waals surface area contributed by atoms with Crippen LogP contribution in [0.25, 0.3) is 0 Å². The molecule has 0 aliphatic rings. The molecule has 0 saturated heterocycles. The van der Waals surface area contributed by atoms with Gasteiger partial charge in [0.05, 0.1) is 4.90 Å². The first-order valence-electron chi connectivity index (χ1n) is 5.66. The highest BCUT2D eigenvalue weighted by Crippen LogP contribution is 2.13. The lowest BCUT2D eigenvalue weighted by Crippen LogP contribution is -2.06. The van der Waals surface area contributed by atoms with Crippen LogP contribution in [0, 0.1) is 0 Å². The Bertz CT molecular complexity index is 426. The summed E-state index contributed by atoms with van der Waals surface area (Å²) >= 11 is 0. The molecule has 0 aliphatic carbocycles. The fraction of sp³-hybridized carbons (Fsp3) is 0.500. The Morgan fingerprint density at radius 1 is 1.24 bits per heavy atom. The first-order valence-corrected chi connectivity index (χ1v) is 7.55. The zero-order valence-corrected chi connectivity index (χ0v) is 11.1. The molecule has 1 N–H and O–H groups in total. The van der Waals surface area contributed by atoms with E-state index in [1.165, 1.54) is 6.26 Å². The Hall–Kier alpha value is -1.07. The van der Waals surface area contributed by atoms with Gasteiger partial charge in [0.1, 0.15) is 0 Å². The maximum absolute atomic E-state index is 11.2. The van der Waals surface area contributed by atoms with Gasteiger partial charge in [-0.15, -0.1) is 0 Å². The van der Waals surface area contributed by atoms with Gasteiger partial charge in [0.2, 0.25) is 0 Å². The van der Waals surface area contributed by atoms with Crippen LogP contribution in [0.15, 0.2) is 29.2 Å². The van der Waals surface area contributed by atoms with E-state index in [2.05, 4.69) is 5.32 Å². The van der Waals surface area contributed by atoms with Crippen molar-refractivity contribution in [2.24, 2.45) is 0 Å². The quantitative estimate of drug-likeness (QED) is 0.758.